The smallest absolute Gasteiger partial charge is 0.236 e. The molecule has 0 unspecified atom stereocenters. The summed E-state index contributed by atoms with van der Waals surface area (Å²) in [5, 5.41) is 3.28. The highest BCUT2D eigenvalue weighted by Gasteiger charge is 2.10. The maximum atomic E-state index is 12.2. The third-order valence-electron chi connectivity index (χ3n) is 4.12. The highest BCUT2D eigenvalue weighted by atomic mass is 16.5. The van der Waals surface area contributed by atoms with E-state index >= 15 is 0 Å². The van der Waals surface area contributed by atoms with Gasteiger partial charge in [0.25, 0.3) is 0 Å². The van der Waals surface area contributed by atoms with Crippen LogP contribution in [-0.2, 0) is 11.2 Å². The Morgan fingerprint density at radius 1 is 1.08 bits per heavy atom. The van der Waals surface area contributed by atoms with Crippen molar-refractivity contribution in [2.24, 2.45) is 0 Å². The van der Waals surface area contributed by atoms with Gasteiger partial charge in [0.15, 0.2) is 0 Å². The molecule has 1 aromatic carbocycles. The Hall–Kier alpha value is -1.55. The summed E-state index contributed by atoms with van der Waals surface area (Å²) in [5.74, 6) is 1.15. The topological polar surface area (TPSA) is 41.6 Å². The molecule has 0 heterocycles. The third kappa shape index (κ3) is 9.49. The lowest BCUT2D eigenvalue weighted by atomic mass is 10.1. The van der Waals surface area contributed by atoms with E-state index < -0.39 is 0 Å². The van der Waals surface area contributed by atoms with Crippen LogP contribution in [0.2, 0.25) is 0 Å². The van der Waals surface area contributed by atoms with Gasteiger partial charge in [-0.15, -0.1) is 0 Å². The third-order valence-corrected chi connectivity index (χ3v) is 4.12. The number of nitrogens with zero attached hydrogens (tertiary/aromatic N) is 1. The molecular weight excluding hydrogens is 312 g/mol. The first-order valence-corrected chi connectivity index (χ1v) is 9.91. The first-order valence-electron chi connectivity index (χ1n) is 9.91. The van der Waals surface area contributed by atoms with E-state index in [1.54, 1.807) is 0 Å². The van der Waals surface area contributed by atoms with Crippen LogP contribution in [0.4, 0.5) is 0 Å². The van der Waals surface area contributed by atoms with Crippen molar-refractivity contribution < 1.29 is 9.53 Å². The summed E-state index contributed by atoms with van der Waals surface area (Å²) in [4.78, 5) is 14.2. The van der Waals surface area contributed by atoms with Crippen molar-refractivity contribution in [2.45, 2.75) is 59.3 Å². The second-order valence-electron chi connectivity index (χ2n) is 6.51. The summed E-state index contributed by atoms with van der Waals surface area (Å²) in [6.07, 6.45) is 6.46. The second kappa shape index (κ2) is 13.7. The van der Waals surface area contributed by atoms with E-state index in [1.807, 2.05) is 17.0 Å². The second-order valence-corrected chi connectivity index (χ2v) is 6.51. The van der Waals surface area contributed by atoms with Crippen LogP contribution in [0, 0.1) is 0 Å². The molecule has 0 aromatic heterocycles. The van der Waals surface area contributed by atoms with Crippen LogP contribution in [0.5, 0.6) is 5.75 Å². The minimum absolute atomic E-state index is 0.205. The average Bonchev–Trinajstić information content (AvgIpc) is 2.62. The van der Waals surface area contributed by atoms with Gasteiger partial charge in [-0.3, -0.25) is 4.79 Å². The average molecular weight is 349 g/mol. The Kier molecular flexibility index (Phi) is 11.8. The zero-order chi connectivity index (χ0) is 18.3. The van der Waals surface area contributed by atoms with Crippen LogP contribution in [0.3, 0.4) is 0 Å². The molecule has 1 rings (SSSR count). The lowest BCUT2D eigenvalue weighted by Gasteiger charge is -2.21. The minimum atomic E-state index is 0.205. The van der Waals surface area contributed by atoms with Crippen LogP contribution in [0.1, 0.15) is 58.4 Å². The number of amides is 1. The molecule has 0 aliphatic carbocycles. The molecule has 142 valence electrons. The van der Waals surface area contributed by atoms with E-state index in [0.29, 0.717) is 6.54 Å². The fraction of sp³-hybridized carbons (Fsp3) is 0.667. The van der Waals surface area contributed by atoms with Crippen LogP contribution < -0.4 is 10.1 Å². The van der Waals surface area contributed by atoms with Crippen molar-refractivity contribution in [3.8, 4) is 5.75 Å². The highest BCUT2D eigenvalue weighted by molar-refractivity contribution is 5.78. The molecule has 1 N–H and O–H groups in total. The Morgan fingerprint density at radius 3 is 2.52 bits per heavy atom. The predicted molar refractivity (Wildman–Crippen MR) is 105 cm³/mol. The summed E-state index contributed by atoms with van der Waals surface area (Å²) >= 11 is 0. The Morgan fingerprint density at radius 2 is 1.84 bits per heavy atom. The van der Waals surface area contributed by atoms with E-state index in [9.17, 15) is 4.79 Å². The van der Waals surface area contributed by atoms with Gasteiger partial charge in [-0.05, 0) is 49.9 Å². The van der Waals surface area contributed by atoms with E-state index in [0.717, 1.165) is 57.7 Å². The predicted octanol–water partition coefficient (Wildman–Crippen LogP) is 4.04. The van der Waals surface area contributed by atoms with Gasteiger partial charge < -0.3 is 15.0 Å². The molecular formula is C21H36N2O2. The SMILES string of the molecule is CCCCCOc1cccc(CCNCC(=O)N(CCC)CCC)c1. The molecule has 25 heavy (non-hydrogen) atoms. The Balaban J connectivity index is 2.29. The fourth-order valence-electron chi connectivity index (χ4n) is 2.77. The number of ether oxygens (including phenoxy) is 1. The number of hydrogen-bond acceptors (Lipinski definition) is 3. The standard InChI is InChI=1S/C21H36N2O2/c1-4-7-8-16-25-20-11-9-10-19(17-20)12-13-22-18-21(24)23(14-5-2)15-6-3/h9-11,17,22H,4-8,12-16,18H2,1-3H3. The molecule has 1 amide bonds. The van der Waals surface area contributed by atoms with Crippen LogP contribution in [0.15, 0.2) is 24.3 Å². The zero-order valence-corrected chi connectivity index (χ0v) is 16.4. The van der Waals surface area contributed by atoms with Crippen molar-refractivity contribution in [1.82, 2.24) is 10.2 Å². The van der Waals surface area contributed by atoms with E-state index in [2.05, 4.69) is 38.2 Å². The molecule has 0 saturated heterocycles. The number of rotatable bonds is 14. The number of unbranched alkanes of at least 4 members (excludes halogenated alkanes) is 2. The molecule has 0 bridgehead atoms. The van der Waals surface area contributed by atoms with Gasteiger partial charge in [-0.2, -0.15) is 0 Å². The summed E-state index contributed by atoms with van der Waals surface area (Å²) in [7, 11) is 0. The van der Waals surface area contributed by atoms with Gasteiger partial charge in [-0.1, -0.05) is 45.7 Å². The van der Waals surface area contributed by atoms with E-state index in [1.165, 1.54) is 18.4 Å². The number of carbonyl (C=O) groups is 1. The molecule has 0 aliphatic heterocycles. The van der Waals surface area contributed by atoms with Crippen LogP contribution in [-0.4, -0.2) is 43.6 Å². The number of hydrogen-bond donors (Lipinski definition) is 1. The van der Waals surface area contributed by atoms with Crippen molar-refractivity contribution >= 4 is 5.91 Å². The maximum absolute atomic E-state index is 12.2. The molecule has 1 aromatic rings. The molecule has 0 atom stereocenters. The summed E-state index contributed by atoms with van der Waals surface area (Å²) in [5.41, 5.74) is 1.24. The monoisotopic (exact) mass is 348 g/mol. The molecule has 0 aliphatic rings. The lowest BCUT2D eigenvalue weighted by Crippen LogP contribution is -2.39. The van der Waals surface area contributed by atoms with Gasteiger partial charge in [0, 0.05) is 13.1 Å². The first kappa shape index (κ1) is 21.5. The molecule has 0 radical (unpaired) electrons. The van der Waals surface area contributed by atoms with Crippen molar-refractivity contribution in [3.05, 3.63) is 29.8 Å². The van der Waals surface area contributed by atoms with Crippen LogP contribution in [0.25, 0.3) is 0 Å². The van der Waals surface area contributed by atoms with Gasteiger partial charge >= 0.3 is 0 Å². The van der Waals surface area contributed by atoms with E-state index in [-0.39, 0.29) is 5.91 Å². The summed E-state index contributed by atoms with van der Waals surface area (Å²) in [6, 6.07) is 8.28. The normalized spacial score (nSPS) is 10.7. The lowest BCUT2D eigenvalue weighted by molar-refractivity contribution is -0.130. The highest BCUT2D eigenvalue weighted by Crippen LogP contribution is 2.14. The number of carbonyl (C=O) groups excluding carboxylic acids is 1. The molecule has 4 nitrogen and oxygen atoms in total. The van der Waals surface area contributed by atoms with Crippen molar-refractivity contribution in [2.75, 3.05) is 32.8 Å². The van der Waals surface area contributed by atoms with Crippen molar-refractivity contribution in [3.63, 3.8) is 0 Å². The quantitative estimate of drug-likeness (QED) is 0.516. The Labute approximate surface area is 153 Å². The molecule has 4 heteroatoms. The minimum Gasteiger partial charge on any atom is -0.494 e. The summed E-state index contributed by atoms with van der Waals surface area (Å²) in [6.45, 7) is 10.1. The number of nitrogens with one attached hydrogen (secondary N) is 1. The molecule has 0 saturated carbocycles. The van der Waals surface area contributed by atoms with Gasteiger partial charge in [-0.25, -0.2) is 0 Å². The molecule has 0 spiro atoms. The largest absolute Gasteiger partial charge is 0.494 e. The van der Waals surface area contributed by atoms with Gasteiger partial charge in [0.1, 0.15) is 5.75 Å². The zero-order valence-electron chi connectivity index (χ0n) is 16.4. The summed E-state index contributed by atoms with van der Waals surface area (Å²) < 4.78 is 5.80. The maximum Gasteiger partial charge on any atom is 0.236 e. The fourth-order valence-corrected chi connectivity index (χ4v) is 2.77. The van der Waals surface area contributed by atoms with Gasteiger partial charge in [0.05, 0.1) is 13.2 Å². The van der Waals surface area contributed by atoms with Gasteiger partial charge in [0.2, 0.25) is 5.91 Å². The Bertz CT molecular complexity index is 471. The van der Waals surface area contributed by atoms with Crippen molar-refractivity contribution in [1.29, 1.82) is 0 Å². The molecule has 0 fully saturated rings. The van der Waals surface area contributed by atoms with E-state index in [4.69, 9.17) is 4.74 Å². The van der Waals surface area contributed by atoms with Crippen LogP contribution >= 0.6 is 0 Å². The first-order chi connectivity index (χ1) is 12.2. The number of benzene rings is 1.